The highest BCUT2D eigenvalue weighted by molar-refractivity contribution is 7.95. The smallest absolute Gasteiger partial charge is 0.172 e. The van der Waals surface area contributed by atoms with Gasteiger partial charge in [-0.1, -0.05) is 240 Å². The maximum Gasteiger partial charge on any atom is 0.172 e. The zero-order chi connectivity index (χ0) is 47.8. The van der Waals surface area contributed by atoms with Crippen molar-refractivity contribution in [3.05, 3.63) is 252 Å². The fraction of sp³-hybridized carbons (Fsp3) is 0.100. The van der Waals surface area contributed by atoms with E-state index < -0.39 is 28.6 Å². The molecule has 0 fully saturated rings. The fourth-order valence-corrected chi connectivity index (χ4v) is 22.8. The van der Waals surface area contributed by atoms with E-state index in [4.69, 9.17) is 0 Å². The number of hydrogen-bond acceptors (Lipinski definition) is 4. The topological polar surface area (TPSA) is 68.3 Å². The van der Waals surface area contributed by atoms with Crippen LogP contribution in [0.15, 0.2) is 218 Å². The predicted molar refractivity (Wildman–Crippen MR) is 292 cm³/mol. The van der Waals surface area contributed by atoms with E-state index in [1.54, 1.807) is 12.1 Å². The molecule has 0 heterocycles. The van der Waals surface area contributed by atoms with E-state index in [1.165, 1.54) is 0 Å². The summed E-state index contributed by atoms with van der Waals surface area (Å²) >= 11 is 0. The Hall–Kier alpha value is -6.10. The third kappa shape index (κ3) is 8.23. The molecule has 9 aromatic carbocycles. The highest BCUT2D eigenvalue weighted by atomic mass is 31.2. The molecule has 4 nitrogen and oxygen atoms in total. The molecule has 0 amide bonds. The second kappa shape index (κ2) is 18.8. The molecule has 0 aromatic heterocycles. The SMILES string of the molecule is Cc1ccc(P(=O)(c2ccc(C)cc2)c2ccc(P(=O)(c3ccccc3)c3ccccc3)c(P(=O)(c3ccc(C)cc3)c3ccc(C)cc3)c2P(=O)(c2ccc(C)cc2)c2ccc(C)cc2)cc1. The van der Waals surface area contributed by atoms with Gasteiger partial charge in [-0.2, -0.15) is 0 Å². The van der Waals surface area contributed by atoms with Crippen molar-refractivity contribution in [3.8, 4) is 0 Å². The van der Waals surface area contributed by atoms with Crippen molar-refractivity contribution in [3.63, 3.8) is 0 Å². The van der Waals surface area contributed by atoms with Crippen LogP contribution in [0.3, 0.4) is 0 Å². The van der Waals surface area contributed by atoms with Gasteiger partial charge in [0.1, 0.15) is 0 Å². The molecule has 9 rings (SSSR count). The average molecular weight is 963 g/mol. The van der Waals surface area contributed by atoms with Crippen LogP contribution in [0.1, 0.15) is 33.4 Å². The Morgan fingerprint density at radius 3 is 0.588 bits per heavy atom. The van der Waals surface area contributed by atoms with Crippen LogP contribution in [0.25, 0.3) is 0 Å². The number of aryl methyl sites for hydroxylation is 6. The monoisotopic (exact) mass is 962 g/mol. The third-order valence-electron chi connectivity index (χ3n) is 13.0. The molecule has 0 saturated carbocycles. The van der Waals surface area contributed by atoms with Crippen LogP contribution in [-0.4, -0.2) is 0 Å². The van der Waals surface area contributed by atoms with Gasteiger partial charge in [0.2, 0.25) is 0 Å². The van der Waals surface area contributed by atoms with Gasteiger partial charge in [0.15, 0.2) is 28.6 Å². The van der Waals surface area contributed by atoms with Gasteiger partial charge in [-0.05, 0) is 53.7 Å². The van der Waals surface area contributed by atoms with Gasteiger partial charge in [0.05, 0.1) is 0 Å². The minimum atomic E-state index is -4.35. The molecule has 0 bridgehead atoms. The van der Waals surface area contributed by atoms with Crippen molar-refractivity contribution in [1.29, 1.82) is 0 Å². The zero-order valence-corrected chi connectivity index (χ0v) is 42.8. The minimum absolute atomic E-state index is 0.169. The Balaban J connectivity index is 1.63. The Bertz CT molecular complexity index is 3270. The molecule has 0 aliphatic rings. The zero-order valence-electron chi connectivity index (χ0n) is 39.2. The van der Waals surface area contributed by atoms with Crippen LogP contribution in [0, 0.1) is 41.5 Å². The molecule has 0 spiro atoms. The summed E-state index contributed by atoms with van der Waals surface area (Å²) in [4.78, 5) is 0. The van der Waals surface area contributed by atoms with Crippen LogP contribution in [-0.2, 0) is 18.3 Å². The third-order valence-corrected chi connectivity index (χ3v) is 26.1. The molecule has 0 saturated heterocycles. The number of hydrogen-bond donors (Lipinski definition) is 0. The van der Waals surface area contributed by atoms with Crippen molar-refractivity contribution in [1.82, 2.24) is 0 Å². The Labute approximate surface area is 401 Å². The lowest BCUT2D eigenvalue weighted by Crippen LogP contribution is -2.53. The molecular formula is C60H54O4P4. The number of rotatable bonds is 12. The van der Waals surface area contributed by atoms with Gasteiger partial charge in [-0.3, -0.25) is 0 Å². The first kappa shape index (κ1) is 47.0. The lowest BCUT2D eigenvalue weighted by molar-refractivity contribution is 0.589. The van der Waals surface area contributed by atoms with Crippen molar-refractivity contribution < 1.29 is 18.3 Å². The molecule has 0 aliphatic heterocycles. The van der Waals surface area contributed by atoms with Crippen LogP contribution in [0.5, 0.6) is 0 Å². The normalized spacial score (nSPS) is 12.2. The summed E-state index contributed by atoms with van der Waals surface area (Å²) in [7, 11) is -16.9. The van der Waals surface area contributed by atoms with Crippen molar-refractivity contribution in [2.24, 2.45) is 0 Å². The summed E-state index contributed by atoms with van der Waals surface area (Å²) < 4.78 is 71.2. The molecule has 0 unspecified atom stereocenters. The summed E-state index contributed by atoms with van der Waals surface area (Å²) in [6, 6.07) is 68.3. The first-order chi connectivity index (χ1) is 32.7. The maximum atomic E-state index is 18.1. The van der Waals surface area contributed by atoms with Crippen molar-refractivity contribution in [2.75, 3.05) is 0 Å². The van der Waals surface area contributed by atoms with Gasteiger partial charge >= 0.3 is 0 Å². The van der Waals surface area contributed by atoms with Crippen LogP contribution >= 0.6 is 28.6 Å². The summed E-state index contributed by atoms with van der Waals surface area (Å²) in [5.41, 5.74) is 5.83. The molecule has 0 aliphatic carbocycles. The van der Waals surface area contributed by atoms with E-state index in [0.29, 0.717) is 42.4 Å². The van der Waals surface area contributed by atoms with Crippen LogP contribution in [0.4, 0.5) is 0 Å². The first-order valence-corrected chi connectivity index (χ1v) is 29.7. The van der Waals surface area contributed by atoms with E-state index in [2.05, 4.69) is 0 Å². The van der Waals surface area contributed by atoms with E-state index in [0.717, 1.165) is 33.4 Å². The quantitative estimate of drug-likeness (QED) is 0.114. The van der Waals surface area contributed by atoms with Crippen molar-refractivity contribution in [2.45, 2.75) is 41.5 Å². The Morgan fingerprint density at radius 1 is 0.206 bits per heavy atom. The summed E-state index contributed by atoms with van der Waals surface area (Å²) in [6.45, 7) is 11.9. The van der Waals surface area contributed by atoms with Crippen LogP contribution < -0.4 is 63.7 Å². The fourth-order valence-electron chi connectivity index (χ4n) is 9.16. The largest absolute Gasteiger partial charge is 0.309 e. The lowest BCUT2D eigenvalue weighted by Gasteiger charge is -2.35. The van der Waals surface area contributed by atoms with Gasteiger partial charge in [0.25, 0.3) is 0 Å². The first-order valence-electron chi connectivity index (χ1n) is 22.8. The molecule has 68 heavy (non-hydrogen) atoms. The minimum Gasteiger partial charge on any atom is -0.309 e. The Morgan fingerprint density at radius 2 is 0.382 bits per heavy atom. The molecule has 338 valence electrons. The second-order valence-electron chi connectivity index (χ2n) is 17.9. The van der Waals surface area contributed by atoms with Gasteiger partial charge < -0.3 is 18.3 Å². The summed E-state index contributed by atoms with van der Waals surface area (Å²) in [6.07, 6.45) is 0. The molecule has 0 radical (unpaired) electrons. The second-order valence-corrected chi connectivity index (χ2v) is 28.8. The van der Waals surface area contributed by atoms with Gasteiger partial charge in [0, 0.05) is 63.7 Å². The molecular weight excluding hydrogens is 909 g/mol. The maximum absolute atomic E-state index is 18.1. The van der Waals surface area contributed by atoms with Crippen LogP contribution in [0.2, 0.25) is 0 Å². The highest BCUT2D eigenvalue weighted by Gasteiger charge is 2.50. The molecule has 9 aromatic rings. The summed E-state index contributed by atoms with van der Waals surface area (Å²) in [5, 5.41) is 4.88. The van der Waals surface area contributed by atoms with E-state index in [1.807, 2.05) is 248 Å². The number of benzene rings is 9. The molecule has 8 heteroatoms. The van der Waals surface area contributed by atoms with E-state index in [9.17, 15) is 0 Å². The van der Waals surface area contributed by atoms with E-state index in [-0.39, 0.29) is 21.2 Å². The van der Waals surface area contributed by atoms with E-state index >= 15 is 18.3 Å². The lowest BCUT2D eigenvalue weighted by atomic mass is 10.2. The predicted octanol–water partition coefficient (Wildman–Crippen LogP) is 10.1. The van der Waals surface area contributed by atoms with Gasteiger partial charge in [-0.25, -0.2) is 0 Å². The van der Waals surface area contributed by atoms with Gasteiger partial charge in [-0.15, -0.1) is 0 Å². The molecule has 0 N–H and O–H groups in total. The average Bonchev–Trinajstić information content (AvgIpc) is 3.37. The standard InChI is InChI=1S/C60H54O4P4/c1-43-17-29-51(30-18-43)66(62,52-31-19-44(2)20-32-52)58-42-41-57(65(61,49-13-9-7-10-14-49)50-15-11-8-12-16-50)59(67(63,53-33-21-45(3)22-34-53)54-35-23-46(4)24-36-54)60(58)68(64,55-37-25-47(5)26-38-55)56-39-27-48(6)28-40-56/h7-42H,1-6H3. The summed E-state index contributed by atoms with van der Waals surface area (Å²) in [5.74, 6) is 0. The highest BCUT2D eigenvalue weighted by Crippen LogP contribution is 2.55. The molecule has 0 atom stereocenters. The van der Waals surface area contributed by atoms with Crippen molar-refractivity contribution >= 4 is 92.2 Å². The Kier molecular flexibility index (Phi) is 13.0.